The highest BCUT2D eigenvalue weighted by Crippen LogP contribution is 2.11. The van der Waals surface area contributed by atoms with Crippen molar-refractivity contribution >= 4 is 5.91 Å². The minimum atomic E-state index is -0.189. The molecular formula is C14H19N5O. The number of H-pyrrole nitrogens is 1. The van der Waals surface area contributed by atoms with Crippen LogP contribution < -0.4 is 5.32 Å². The van der Waals surface area contributed by atoms with E-state index in [1.54, 1.807) is 12.4 Å². The third kappa shape index (κ3) is 3.20. The van der Waals surface area contributed by atoms with Crippen molar-refractivity contribution in [3.05, 3.63) is 41.5 Å². The number of carbonyl (C=O) groups excluding carboxylic acids is 1. The molecule has 20 heavy (non-hydrogen) atoms. The fraction of sp³-hybridized carbons (Fsp3) is 0.429. The lowest BCUT2D eigenvalue weighted by Crippen LogP contribution is -2.28. The number of aryl methyl sites for hydroxylation is 2. The molecule has 2 rings (SSSR count). The van der Waals surface area contributed by atoms with Crippen molar-refractivity contribution in [2.45, 2.75) is 39.7 Å². The SMILES string of the molecule is CCCc1ncncc1C(=O)N[C@@H](C)c1ncc(C)[nH]1. The summed E-state index contributed by atoms with van der Waals surface area (Å²) in [5.74, 6) is 0.570. The van der Waals surface area contributed by atoms with Gasteiger partial charge in [0.05, 0.1) is 17.3 Å². The summed E-state index contributed by atoms with van der Waals surface area (Å²) >= 11 is 0. The molecule has 0 aromatic carbocycles. The van der Waals surface area contributed by atoms with Gasteiger partial charge in [0.25, 0.3) is 5.91 Å². The number of hydrogen-bond donors (Lipinski definition) is 2. The van der Waals surface area contributed by atoms with Crippen molar-refractivity contribution < 1.29 is 4.79 Å². The molecule has 0 aliphatic heterocycles. The molecule has 0 bridgehead atoms. The zero-order valence-corrected chi connectivity index (χ0v) is 12.0. The molecule has 106 valence electrons. The van der Waals surface area contributed by atoms with Crippen molar-refractivity contribution in [2.75, 3.05) is 0 Å². The van der Waals surface area contributed by atoms with Crippen molar-refractivity contribution in [3.63, 3.8) is 0 Å². The van der Waals surface area contributed by atoms with Gasteiger partial charge in [-0.2, -0.15) is 0 Å². The molecule has 0 saturated heterocycles. The zero-order chi connectivity index (χ0) is 14.5. The molecule has 0 unspecified atom stereocenters. The Bertz CT molecular complexity index is 593. The first-order valence-corrected chi connectivity index (χ1v) is 6.73. The Hall–Kier alpha value is -2.24. The van der Waals surface area contributed by atoms with Gasteiger partial charge in [-0.3, -0.25) is 4.79 Å². The average Bonchev–Trinajstić information content (AvgIpc) is 2.86. The van der Waals surface area contributed by atoms with E-state index in [9.17, 15) is 4.79 Å². The molecule has 0 radical (unpaired) electrons. The van der Waals surface area contributed by atoms with Crippen molar-refractivity contribution in [1.29, 1.82) is 0 Å². The summed E-state index contributed by atoms with van der Waals surface area (Å²) in [6.45, 7) is 5.87. The van der Waals surface area contributed by atoms with Gasteiger partial charge in [-0.25, -0.2) is 15.0 Å². The van der Waals surface area contributed by atoms with Crippen molar-refractivity contribution in [2.24, 2.45) is 0 Å². The van der Waals surface area contributed by atoms with Gasteiger partial charge in [0.15, 0.2) is 0 Å². The number of amides is 1. The first kappa shape index (κ1) is 14.2. The van der Waals surface area contributed by atoms with E-state index in [0.717, 1.165) is 30.1 Å². The number of imidazole rings is 1. The molecule has 2 aromatic rings. The second kappa shape index (κ2) is 6.27. The van der Waals surface area contributed by atoms with E-state index in [-0.39, 0.29) is 11.9 Å². The quantitative estimate of drug-likeness (QED) is 0.872. The number of nitrogens with one attached hydrogen (secondary N) is 2. The lowest BCUT2D eigenvalue weighted by molar-refractivity contribution is 0.0936. The fourth-order valence-corrected chi connectivity index (χ4v) is 1.98. The van der Waals surface area contributed by atoms with Gasteiger partial charge < -0.3 is 10.3 Å². The van der Waals surface area contributed by atoms with E-state index < -0.39 is 0 Å². The predicted molar refractivity (Wildman–Crippen MR) is 75.2 cm³/mol. The third-order valence-corrected chi connectivity index (χ3v) is 3.01. The van der Waals surface area contributed by atoms with E-state index in [4.69, 9.17) is 0 Å². The lowest BCUT2D eigenvalue weighted by atomic mass is 10.1. The summed E-state index contributed by atoms with van der Waals surface area (Å²) in [5, 5.41) is 2.91. The maximum atomic E-state index is 12.3. The van der Waals surface area contributed by atoms with Gasteiger partial charge in [-0.15, -0.1) is 0 Å². The topological polar surface area (TPSA) is 83.6 Å². The van der Waals surface area contributed by atoms with Crippen LogP contribution in [0.25, 0.3) is 0 Å². The summed E-state index contributed by atoms with van der Waals surface area (Å²) in [7, 11) is 0. The van der Waals surface area contributed by atoms with Gasteiger partial charge in [0.1, 0.15) is 12.2 Å². The van der Waals surface area contributed by atoms with E-state index >= 15 is 0 Å². The van der Waals surface area contributed by atoms with Crippen LogP contribution in [0.15, 0.2) is 18.7 Å². The zero-order valence-electron chi connectivity index (χ0n) is 12.0. The van der Waals surface area contributed by atoms with Gasteiger partial charge in [0, 0.05) is 18.1 Å². The number of aromatic amines is 1. The Kier molecular flexibility index (Phi) is 4.45. The number of aromatic nitrogens is 4. The first-order valence-electron chi connectivity index (χ1n) is 6.73. The van der Waals surface area contributed by atoms with Gasteiger partial charge in [0.2, 0.25) is 0 Å². The molecular weight excluding hydrogens is 254 g/mol. The van der Waals surface area contributed by atoms with Crippen LogP contribution in [0.3, 0.4) is 0 Å². The van der Waals surface area contributed by atoms with Crippen LogP contribution in [-0.2, 0) is 6.42 Å². The van der Waals surface area contributed by atoms with Crippen molar-refractivity contribution in [3.8, 4) is 0 Å². The Morgan fingerprint density at radius 3 is 2.85 bits per heavy atom. The maximum absolute atomic E-state index is 12.3. The Morgan fingerprint density at radius 1 is 1.40 bits per heavy atom. The molecule has 2 aromatic heterocycles. The van der Waals surface area contributed by atoms with Crippen LogP contribution in [0.5, 0.6) is 0 Å². The van der Waals surface area contributed by atoms with Gasteiger partial charge in [-0.05, 0) is 20.3 Å². The van der Waals surface area contributed by atoms with E-state index in [0.29, 0.717) is 5.56 Å². The molecule has 0 spiro atoms. The van der Waals surface area contributed by atoms with Gasteiger partial charge in [-0.1, -0.05) is 13.3 Å². The highest BCUT2D eigenvalue weighted by atomic mass is 16.1. The monoisotopic (exact) mass is 273 g/mol. The average molecular weight is 273 g/mol. The van der Waals surface area contributed by atoms with Crippen molar-refractivity contribution in [1.82, 2.24) is 25.3 Å². The summed E-state index contributed by atoms with van der Waals surface area (Å²) in [5.41, 5.74) is 2.28. The van der Waals surface area contributed by atoms with Crippen LogP contribution in [0.2, 0.25) is 0 Å². The predicted octanol–water partition coefficient (Wildman–Crippen LogP) is 1.95. The molecule has 1 atom stereocenters. The normalized spacial score (nSPS) is 12.2. The summed E-state index contributed by atoms with van der Waals surface area (Å²) in [6.07, 6.45) is 6.48. The van der Waals surface area contributed by atoms with E-state index in [1.807, 2.05) is 13.8 Å². The lowest BCUT2D eigenvalue weighted by Gasteiger charge is -2.13. The highest BCUT2D eigenvalue weighted by Gasteiger charge is 2.17. The smallest absolute Gasteiger partial charge is 0.255 e. The largest absolute Gasteiger partial charge is 0.344 e. The van der Waals surface area contributed by atoms with E-state index in [2.05, 4.69) is 32.2 Å². The number of rotatable bonds is 5. The molecule has 2 heterocycles. The summed E-state index contributed by atoms with van der Waals surface area (Å²) in [4.78, 5) is 27.7. The standard InChI is InChI=1S/C14H19N5O/c1-4-5-12-11(7-15-8-17-12)14(20)19-10(3)13-16-6-9(2)18-13/h6-8,10H,4-5H2,1-3H3,(H,16,18)(H,19,20)/t10-/m0/s1. The minimum absolute atomic E-state index is 0.171. The molecule has 6 nitrogen and oxygen atoms in total. The number of nitrogens with zero attached hydrogens (tertiary/aromatic N) is 3. The summed E-state index contributed by atoms with van der Waals surface area (Å²) in [6, 6.07) is -0.189. The van der Waals surface area contributed by atoms with Gasteiger partial charge >= 0.3 is 0 Å². The Morgan fingerprint density at radius 2 is 2.20 bits per heavy atom. The molecule has 0 aliphatic carbocycles. The maximum Gasteiger partial charge on any atom is 0.255 e. The molecule has 0 aliphatic rings. The molecule has 0 fully saturated rings. The number of hydrogen-bond acceptors (Lipinski definition) is 4. The number of carbonyl (C=O) groups is 1. The van der Waals surface area contributed by atoms with Crippen LogP contribution in [0, 0.1) is 6.92 Å². The summed E-state index contributed by atoms with van der Waals surface area (Å²) < 4.78 is 0. The highest BCUT2D eigenvalue weighted by molar-refractivity contribution is 5.95. The van der Waals surface area contributed by atoms with Crippen LogP contribution in [0.1, 0.15) is 53.9 Å². The van der Waals surface area contributed by atoms with Crippen LogP contribution in [-0.4, -0.2) is 25.8 Å². The molecule has 1 amide bonds. The molecule has 0 saturated carbocycles. The molecule has 2 N–H and O–H groups in total. The molecule has 6 heteroatoms. The minimum Gasteiger partial charge on any atom is -0.344 e. The van der Waals surface area contributed by atoms with E-state index in [1.165, 1.54) is 6.33 Å². The Labute approximate surface area is 118 Å². The van der Waals surface area contributed by atoms with Crippen LogP contribution >= 0.6 is 0 Å². The second-order valence-corrected chi connectivity index (χ2v) is 4.78. The van der Waals surface area contributed by atoms with Crippen LogP contribution in [0.4, 0.5) is 0 Å². The fourth-order valence-electron chi connectivity index (χ4n) is 1.98. The Balaban J connectivity index is 2.12. The first-order chi connectivity index (χ1) is 9.61. The third-order valence-electron chi connectivity index (χ3n) is 3.01. The second-order valence-electron chi connectivity index (χ2n) is 4.78.